The summed E-state index contributed by atoms with van der Waals surface area (Å²) in [6, 6.07) is 15.8. The first-order valence-corrected chi connectivity index (χ1v) is 10.4. The lowest BCUT2D eigenvalue weighted by Crippen LogP contribution is -2.32. The quantitative estimate of drug-likeness (QED) is 0.748. The van der Waals surface area contributed by atoms with E-state index in [1.54, 1.807) is 0 Å². The third kappa shape index (κ3) is 5.59. The van der Waals surface area contributed by atoms with Crippen LogP contribution in [0.1, 0.15) is 38.2 Å². The number of nitrogens with zero attached hydrogens (tertiary/aromatic N) is 1. The molecule has 2 N–H and O–H groups in total. The standard InChI is InChI=1S/C24H31N3O2/c1-4-17-5-11-20(12-6-17)25-23(28)18-7-9-19(10-8-18)24(29)26-21-13-15-22(16-14-21)27(2)3/h5-6,11-16,18-19H,4,7-10H2,1-3H3,(H,25,28)(H,26,29). The SMILES string of the molecule is CCc1ccc(NC(=O)C2CCC(C(=O)Nc3ccc(N(C)C)cc3)CC2)cc1. The predicted molar refractivity (Wildman–Crippen MR) is 119 cm³/mol. The van der Waals surface area contributed by atoms with E-state index in [1.165, 1.54) is 5.56 Å². The van der Waals surface area contributed by atoms with Gasteiger partial charge in [0.05, 0.1) is 0 Å². The van der Waals surface area contributed by atoms with Crippen molar-refractivity contribution in [1.29, 1.82) is 0 Å². The zero-order valence-electron chi connectivity index (χ0n) is 17.6. The third-order valence-corrected chi connectivity index (χ3v) is 5.75. The molecule has 3 rings (SSSR count). The Bertz CT molecular complexity index is 820. The lowest BCUT2D eigenvalue weighted by Gasteiger charge is -2.27. The average Bonchev–Trinajstić information content (AvgIpc) is 2.74. The molecule has 1 saturated carbocycles. The minimum atomic E-state index is -0.0311. The largest absolute Gasteiger partial charge is 0.378 e. The summed E-state index contributed by atoms with van der Waals surface area (Å²) in [5, 5.41) is 6.03. The molecule has 0 radical (unpaired) electrons. The number of rotatable bonds is 6. The van der Waals surface area contributed by atoms with Crippen LogP contribution >= 0.6 is 0 Å². The molecule has 154 valence electrons. The molecule has 29 heavy (non-hydrogen) atoms. The second-order valence-corrected chi connectivity index (χ2v) is 8.02. The maximum Gasteiger partial charge on any atom is 0.227 e. The Morgan fingerprint density at radius 2 is 1.21 bits per heavy atom. The van der Waals surface area contributed by atoms with Crippen LogP contribution in [-0.4, -0.2) is 25.9 Å². The van der Waals surface area contributed by atoms with Gasteiger partial charge in [-0.05, 0) is 74.1 Å². The van der Waals surface area contributed by atoms with Gasteiger partial charge in [0, 0.05) is 43.0 Å². The number of benzene rings is 2. The molecule has 1 aliphatic carbocycles. The molecular weight excluding hydrogens is 362 g/mol. The van der Waals surface area contributed by atoms with E-state index in [4.69, 9.17) is 0 Å². The highest BCUT2D eigenvalue weighted by Crippen LogP contribution is 2.31. The molecule has 2 amide bonds. The van der Waals surface area contributed by atoms with Gasteiger partial charge in [-0.15, -0.1) is 0 Å². The summed E-state index contributed by atoms with van der Waals surface area (Å²) >= 11 is 0. The molecule has 0 aliphatic heterocycles. The lowest BCUT2D eigenvalue weighted by molar-refractivity contribution is -0.125. The van der Waals surface area contributed by atoms with E-state index in [-0.39, 0.29) is 23.7 Å². The Hall–Kier alpha value is -2.82. The van der Waals surface area contributed by atoms with Gasteiger partial charge in [-0.25, -0.2) is 0 Å². The first kappa shape index (κ1) is 20.9. The Morgan fingerprint density at radius 1 is 0.793 bits per heavy atom. The van der Waals surface area contributed by atoms with Crippen LogP contribution in [-0.2, 0) is 16.0 Å². The fourth-order valence-electron chi connectivity index (χ4n) is 3.77. The second kappa shape index (κ2) is 9.59. The molecule has 0 unspecified atom stereocenters. The van der Waals surface area contributed by atoms with E-state index >= 15 is 0 Å². The van der Waals surface area contributed by atoms with Gasteiger partial charge in [0.2, 0.25) is 11.8 Å². The molecule has 2 aromatic carbocycles. The van der Waals surface area contributed by atoms with E-state index in [0.29, 0.717) is 0 Å². The highest BCUT2D eigenvalue weighted by molar-refractivity contribution is 5.94. The average molecular weight is 394 g/mol. The van der Waals surface area contributed by atoms with E-state index in [1.807, 2.05) is 67.5 Å². The van der Waals surface area contributed by atoms with Gasteiger partial charge < -0.3 is 15.5 Å². The number of carbonyl (C=O) groups is 2. The van der Waals surface area contributed by atoms with Crippen molar-refractivity contribution < 1.29 is 9.59 Å². The van der Waals surface area contributed by atoms with Crippen LogP contribution in [0.3, 0.4) is 0 Å². The molecular formula is C24H31N3O2. The van der Waals surface area contributed by atoms with Gasteiger partial charge >= 0.3 is 0 Å². The minimum Gasteiger partial charge on any atom is -0.378 e. The molecule has 5 heteroatoms. The first-order valence-electron chi connectivity index (χ1n) is 10.4. The van der Waals surface area contributed by atoms with Gasteiger partial charge in [-0.1, -0.05) is 19.1 Å². The van der Waals surface area contributed by atoms with Crippen LogP contribution in [0.15, 0.2) is 48.5 Å². The van der Waals surface area contributed by atoms with Crippen LogP contribution in [0.5, 0.6) is 0 Å². The lowest BCUT2D eigenvalue weighted by atomic mass is 9.81. The molecule has 0 saturated heterocycles. The highest BCUT2D eigenvalue weighted by Gasteiger charge is 2.30. The number of amides is 2. The molecule has 0 bridgehead atoms. The zero-order chi connectivity index (χ0) is 20.8. The van der Waals surface area contributed by atoms with Gasteiger partial charge in [0.1, 0.15) is 0 Å². The highest BCUT2D eigenvalue weighted by atomic mass is 16.2. The van der Waals surface area contributed by atoms with Crippen molar-refractivity contribution >= 4 is 28.9 Å². The molecule has 0 atom stereocenters. The van der Waals surface area contributed by atoms with E-state index in [2.05, 4.69) is 17.6 Å². The Balaban J connectivity index is 1.47. The van der Waals surface area contributed by atoms with Crippen molar-refractivity contribution in [3.8, 4) is 0 Å². The number of hydrogen-bond donors (Lipinski definition) is 2. The van der Waals surface area contributed by atoms with Crippen molar-refractivity contribution in [1.82, 2.24) is 0 Å². The maximum atomic E-state index is 12.6. The number of nitrogens with one attached hydrogen (secondary N) is 2. The Labute approximate surface area is 173 Å². The van der Waals surface area contributed by atoms with E-state index < -0.39 is 0 Å². The normalized spacial score (nSPS) is 18.7. The smallest absolute Gasteiger partial charge is 0.227 e. The van der Waals surface area contributed by atoms with Gasteiger partial charge in [-0.2, -0.15) is 0 Å². The molecule has 0 heterocycles. The van der Waals surface area contributed by atoms with Gasteiger partial charge in [0.15, 0.2) is 0 Å². The van der Waals surface area contributed by atoms with Crippen molar-refractivity contribution in [2.45, 2.75) is 39.0 Å². The third-order valence-electron chi connectivity index (χ3n) is 5.75. The van der Waals surface area contributed by atoms with Crippen LogP contribution in [0, 0.1) is 11.8 Å². The number of carbonyl (C=O) groups excluding carboxylic acids is 2. The minimum absolute atomic E-state index is 0.0238. The van der Waals surface area contributed by atoms with Crippen molar-refractivity contribution in [2.75, 3.05) is 29.6 Å². The topological polar surface area (TPSA) is 61.4 Å². The van der Waals surface area contributed by atoms with Crippen LogP contribution in [0.4, 0.5) is 17.1 Å². The number of hydrogen-bond acceptors (Lipinski definition) is 3. The zero-order valence-corrected chi connectivity index (χ0v) is 17.6. The molecule has 5 nitrogen and oxygen atoms in total. The summed E-state index contributed by atoms with van der Waals surface area (Å²) in [4.78, 5) is 27.2. The monoisotopic (exact) mass is 393 g/mol. The summed E-state index contributed by atoms with van der Waals surface area (Å²) in [6.07, 6.45) is 3.97. The maximum absolute atomic E-state index is 12.6. The van der Waals surface area contributed by atoms with Crippen molar-refractivity contribution in [3.63, 3.8) is 0 Å². The summed E-state index contributed by atoms with van der Waals surface area (Å²) in [5.74, 6) is 0.0599. The predicted octanol–water partition coefficient (Wildman–Crippen LogP) is 4.70. The molecule has 2 aromatic rings. The summed E-state index contributed by atoms with van der Waals surface area (Å²) in [7, 11) is 3.98. The van der Waals surface area contributed by atoms with Gasteiger partial charge in [0.25, 0.3) is 0 Å². The van der Waals surface area contributed by atoms with Crippen molar-refractivity contribution in [2.24, 2.45) is 11.8 Å². The molecule has 0 spiro atoms. The van der Waals surface area contributed by atoms with Gasteiger partial charge in [-0.3, -0.25) is 9.59 Å². The fourth-order valence-corrected chi connectivity index (χ4v) is 3.77. The van der Waals surface area contributed by atoms with Crippen molar-refractivity contribution in [3.05, 3.63) is 54.1 Å². The summed E-state index contributed by atoms with van der Waals surface area (Å²) in [6.45, 7) is 2.11. The summed E-state index contributed by atoms with van der Waals surface area (Å²) in [5.41, 5.74) is 4.01. The Morgan fingerprint density at radius 3 is 1.59 bits per heavy atom. The molecule has 0 aromatic heterocycles. The Kier molecular flexibility index (Phi) is 6.91. The molecule has 1 aliphatic rings. The van der Waals surface area contributed by atoms with Crippen LogP contribution in [0.25, 0.3) is 0 Å². The van der Waals surface area contributed by atoms with Crippen LogP contribution in [0.2, 0.25) is 0 Å². The fraction of sp³-hybridized carbons (Fsp3) is 0.417. The van der Waals surface area contributed by atoms with E-state index in [0.717, 1.165) is 49.2 Å². The van der Waals surface area contributed by atoms with E-state index in [9.17, 15) is 9.59 Å². The number of aryl methyl sites for hydroxylation is 1. The summed E-state index contributed by atoms with van der Waals surface area (Å²) < 4.78 is 0. The molecule has 1 fully saturated rings. The number of anilines is 3. The van der Waals surface area contributed by atoms with Crippen LogP contribution < -0.4 is 15.5 Å². The second-order valence-electron chi connectivity index (χ2n) is 8.02. The first-order chi connectivity index (χ1) is 14.0.